The topological polar surface area (TPSA) is 94.1 Å². The van der Waals surface area contributed by atoms with Gasteiger partial charge >= 0.3 is 0 Å². The molecule has 2 aromatic carbocycles. The van der Waals surface area contributed by atoms with Crippen LogP contribution in [0.4, 0.5) is 0 Å². The summed E-state index contributed by atoms with van der Waals surface area (Å²) in [5.74, 6) is 0.689. The molecule has 0 aliphatic carbocycles. The first-order valence-electron chi connectivity index (χ1n) is 8.33. The lowest BCUT2D eigenvalue weighted by atomic mass is 10.2. The molecule has 0 spiro atoms. The average Bonchev–Trinajstić information content (AvgIpc) is 3.16. The normalized spacial score (nSPS) is 11.9. The summed E-state index contributed by atoms with van der Waals surface area (Å²) in [6.07, 6.45) is 2.24. The van der Waals surface area contributed by atoms with E-state index in [2.05, 4.69) is 18.5 Å². The van der Waals surface area contributed by atoms with Crippen LogP contribution in [0.2, 0.25) is 0 Å². The van der Waals surface area contributed by atoms with Crippen molar-refractivity contribution in [2.45, 2.75) is 11.3 Å². The molecular weight excluding hydrogens is 384 g/mol. The fourth-order valence-corrected chi connectivity index (χ4v) is 4.57. The van der Waals surface area contributed by atoms with Gasteiger partial charge in [0.15, 0.2) is 0 Å². The molecule has 0 fully saturated rings. The molecule has 9 heteroatoms. The van der Waals surface area contributed by atoms with Crippen LogP contribution in [-0.4, -0.2) is 35.3 Å². The van der Waals surface area contributed by atoms with Crippen LogP contribution in [0.5, 0.6) is 5.75 Å². The first kappa shape index (κ1) is 17.8. The van der Waals surface area contributed by atoms with Crippen LogP contribution in [0.3, 0.4) is 0 Å². The van der Waals surface area contributed by atoms with Crippen LogP contribution in [0, 0.1) is 0 Å². The average molecular weight is 400 g/mol. The van der Waals surface area contributed by atoms with Crippen molar-refractivity contribution in [2.75, 3.05) is 13.2 Å². The molecule has 4 aromatic rings. The third-order valence-electron chi connectivity index (χ3n) is 4.00. The molecule has 4 rings (SSSR count). The number of fused-ring (bicyclic) bond motifs is 2. The quantitative estimate of drug-likeness (QED) is 0.479. The fraction of sp³-hybridized carbons (Fsp3) is 0.167. The molecular formula is C18H16N4O3S2. The summed E-state index contributed by atoms with van der Waals surface area (Å²) in [5.41, 5.74) is 1.77. The molecule has 2 heterocycles. The Hall–Kier alpha value is -2.62. The highest BCUT2D eigenvalue weighted by molar-refractivity contribution is 7.89. The van der Waals surface area contributed by atoms with E-state index in [1.165, 1.54) is 6.07 Å². The Morgan fingerprint density at radius 2 is 1.85 bits per heavy atom. The van der Waals surface area contributed by atoms with Crippen LogP contribution in [0.25, 0.3) is 21.9 Å². The van der Waals surface area contributed by atoms with Crippen molar-refractivity contribution < 1.29 is 13.2 Å². The van der Waals surface area contributed by atoms with Gasteiger partial charge in [-0.25, -0.2) is 13.1 Å². The largest absolute Gasteiger partial charge is 0.491 e. The molecule has 2 aromatic heterocycles. The lowest BCUT2D eigenvalue weighted by Crippen LogP contribution is -2.26. The Morgan fingerprint density at radius 3 is 2.78 bits per heavy atom. The molecule has 0 atom stereocenters. The Morgan fingerprint density at radius 1 is 1.00 bits per heavy atom. The van der Waals surface area contributed by atoms with Crippen LogP contribution >= 0.6 is 11.7 Å². The van der Waals surface area contributed by atoms with Crippen molar-refractivity contribution in [1.82, 2.24) is 18.5 Å². The summed E-state index contributed by atoms with van der Waals surface area (Å²) in [4.78, 5) is 4.48. The maximum absolute atomic E-state index is 12.5. The number of aromatic nitrogens is 3. The molecule has 0 radical (unpaired) electrons. The summed E-state index contributed by atoms with van der Waals surface area (Å²) < 4.78 is 41.6. The molecule has 0 unspecified atom stereocenters. The lowest BCUT2D eigenvalue weighted by Gasteiger charge is -2.10. The van der Waals surface area contributed by atoms with E-state index >= 15 is 0 Å². The van der Waals surface area contributed by atoms with Crippen molar-refractivity contribution >= 4 is 43.7 Å². The molecule has 1 N–H and O–H groups in total. The number of hydrogen-bond acceptors (Lipinski definition) is 7. The van der Waals surface area contributed by atoms with Gasteiger partial charge in [0.2, 0.25) is 10.0 Å². The van der Waals surface area contributed by atoms with Gasteiger partial charge in [-0.1, -0.05) is 24.3 Å². The number of benzene rings is 2. The molecule has 0 aliphatic rings. The molecule has 0 bridgehead atoms. The number of nitrogens with one attached hydrogen (secondary N) is 1. The number of pyridine rings is 1. The number of nitrogens with zero attached hydrogens (tertiary/aromatic N) is 3. The number of para-hydroxylation sites is 1. The minimum absolute atomic E-state index is 0.146. The van der Waals surface area contributed by atoms with Gasteiger partial charge in [0.1, 0.15) is 27.2 Å². The van der Waals surface area contributed by atoms with Gasteiger partial charge in [-0.3, -0.25) is 4.98 Å². The Bertz CT molecular complexity index is 1190. The highest BCUT2D eigenvalue weighted by Gasteiger charge is 2.18. The SMILES string of the molecule is O=S(=O)(NCCCOc1cccc2cccnc12)c1cccc2nsnc12. The summed E-state index contributed by atoms with van der Waals surface area (Å²) in [6, 6.07) is 14.5. The maximum atomic E-state index is 12.5. The third kappa shape index (κ3) is 3.75. The third-order valence-corrected chi connectivity index (χ3v) is 6.04. The van der Waals surface area contributed by atoms with E-state index in [4.69, 9.17) is 4.74 Å². The van der Waals surface area contributed by atoms with E-state index in [0.717, 1.165) is 22.6 Å². The number of ether oxygens (including phenoxy) is 1. The number of rotatable bonds is 7. The Kier molecular flexibility index (Phi) is 4.97. The van der Waals surface area contributed by atoms with E-state index in [9.17, 15) is 8.42 Å². The monoisotopic (exact) mass is 400 g/mol. The molecule has 27 heavy (non-hydrogen) atoms. The zero-order chi connectivity index (χ0) is 18.7. The predicted molar refractivity (Wildman–Crippen MR) is 104 cm³/mol. The standard InChI is InChI=1S/C18H16N4O3S2/c23-27(24,16-9-2-7-14-18(16)22-26-21-14)20-11-4-12-25-15-8-1-5-13-6-3-10-19-17(13)15/h1-3,5-10,20H,4,11-12H2. The number of sulfonamides is 1. The van der Waals surface area contributed by atoms with E-state index in [-0.39, 0.29) is 11.4 Å². The van der Waals surface area contributed by atoms with Gasteiger partial charge in [0.05, 0.1) is 18.3 Å². The minimum Gasteiger partial charge on any atom is -0.491 e. The van der Waals surface area contributed by atoms with Crippen LogP contribution in [0.15, 0.2) is 59.6 Å². The molecule has 0 saturated carbocycles. The summed E-state index contributed by atoms with van der Waals surface area (Å²) in [6.45, 7) is 0.634. The fourth-order valence-electron chi connectivity index (χ4n) is 2.73. The van der Waals surface area contributed by atoms with E-state index in [1.807, 2.05) is 30.3 Å². The van der Waals surface area contributed by atoms with Gasteiger partial charge in [-0.05, 0) is 30.7 Å². The molecule has 0 saturated heterocycles. The molecule has 138 valence electrons. The zero-order valence-corrected chi connectivity index (χ0v) is 15.8. The van der Waals surface area contributed by atoms with E-state index in [0.29, 0.717) is 29.8 Å². The second-order valence-electron chi connectivity index (χ2n) is 5.82. The first-order valence-corrected chi connectivity index (χ1v) is 10.5. The van der Waals surface area contributed by atoms with Crippen LogP contribution in [0.1, 0.15) is 6.42 Å². The Balaban J connectivity index is 1.36. The highest BCUT2D eigenvalue weighted by atomic mass is 32.2. The van der Waals surface area contributed by atoms with E-state index in [1.54, 1.807) is 18.3 Å². The van der Waals surface area contributed by atoms with Crippen molar-refractivity contribution in [3.05, 3.63) is 54.7 Å². The van der Waals surface area contributed by atoms with Crippen molar-refractivity contribution in [3.8, 4) is 5.75 Å². The van der Waals surface area contributed by atoms with Gasteiger partial charge < -0.3 is 4.74 Å². The molecule has 0 amide bonds. The predicted octanol–water partition coefficient (Wildman–Crippen LogP) is 2.99. The van der Waals surface area contributed by atoms with Gasteiger partial charge in [0.25, 0.3) is 0 Å². The van der Waals surface area contributed by atoms with Crippen molar-refractivity contribution in [1.29, 1.82) is 0 Å². The van der Waals surface area contributed by atoms with Crippen LogP contribution < -0.4 is 9.46 Å². The van der Waals surface area contributed by atoms with E-state index < -0.39 is 10.0 Å². The van der Waals surface area contributed by atoms with Gasteiger partial charge in [0, 0.05) is 18.1 Å². The number of hydrogen-bond donors (Lipinski definition) is 1. The van der Waals surface area contributed by atoms with Gasteiger partial charge in [-0.2, -0.15) is 8.75 Å². The van der Waals surface area contributed by atoms with Gasteiger partial charge in [-0.15, -0.1) is 0 Å². The lowest BCUT2D eigenvalue weighted by molar-refractivity contribution is 0.314. The summed E-state index contributed by atoms with van der Waals surface area (Å²) >= 11 is 0.995. The second kappa shape index (κ2) is 7.55. The Labute approximate surface area is 160 Å². The van der Waals surface area contributed by atoms with Crippen LogP contribution in [-0.2, 0) is 10.0 Å². The molecule has 7 nitrogen and oxygen atoms in total. The summed E-state index contributed by atoms with van der Waals surface area (Å²) in [5, 5.41) is 1.00. The minimum atomic E-state index is -3.65. The highest BCUT2D eigenvalue weighted by Crippen LogP contribution is 2.23. The zero-order valence-electron chi connectivity index (χ0n) is 14.2. The summed E-state index contributed by atoms with van der Waals surface area (Å²) in [7, 11) is -3.65. The second-order valence-corrected chi connectivity index (χ2v) is 8.08. The van der Waals surface area contributed by atoms with Crippen molar-refractivity contribution in [2.24, 2.45) is 0 Å². The van der Waals surface area contributed by atoms with Crippen molar-refractivity contribution in [3.63, 3.8) is 0 Å². The smallest absolute Gasteiger partial charge is 0.242 e. The maximum Gasteiger partial charge on any atom is 0.242 e. The molecule has 0 aliphatic heterocycles. The first-order chi connectivity index (χ1) is 13.1.